The highest BCUT2D eigenvalue weighted by Crippen LogP contribution is 2.41. The lowest BCUT2D eigenvalue weighted by Crippen LogP contribution is -2.12. The van der Waals surface area contributed by atoms with Crippen molar-refractivity contribution in [2.75, 3.05) is 0 Å². The van der Waals surface area contributed by atoms with E-state index in [-0.39, 0.29) is 5.92 Å². The summed E-state index contributed by atoms with van der Waals surface area (Å²) < 4.78 is 0. The Hall–Kier alpha value is -3.46. The number of hydrogen-bond acceptors (Lipinski definition) is 2. The highest BCUT2D eigenvalue weighted by molar-refractivity contribution is 6.06. The maximum absolute atomic E-state index is 12.4. The predicted molar refractivity (Wildman–Crippen MR) is 111 cm³/mol. The molecule has 0 radical (unpaired) electrons. The van der Waals surface area contributed by atoms with Gasteiger partial charge in [0, 0.05) is 10.9 Å². The number of carboxylic acids is 1. The first-order chi connectivity index (χ1) is 13.7. The number of aromatic carboxylic acids is 1. The SMILES string of the molecule is O=C(O)c1c(C2Cc3ccccc3C2)c(-c2ccccc2)nc2ccccc12. The number of para-hydroxylation sites is 1. The molecule has 0 atom stereocenters. The zero-order chi connectivity index (χ0) is 19.1. The Labute approximate surface area is 163 Å². The molecule has 1 heterocycles. The van der Waals surface area contributed by atoms with Crippen molar-refractivity contribution in [3.05, 3.63) is 101 Å². The Kier molecular flexibility index (Phi) is 3.94. The highest BCUT2D eigenvalue weighted by atomic mass is 16.4. The van der Waals surface area contributed by atoms with Gasteiger partial charge in [0.1, 0.15) is 0 Å². The van der Waals surface area contributed by atoms with Crippen LogP contribution in [0.1, 0.15) is 33.0 Å². The van der Waals surface area contributed by atoms with Crippen LogP contribution in [0, 0.1) is 0 Å². The Morgan fingerprint density at radius 1 is 0.821 bits per heavy atom. The van der Waals surface area contributed by atoms with Gasteiger partial charge in [0.2, 0.25) is 0 Å². The van der Waals surface area contributed by atoms with Gasteiger partial charge < -0.3 is 5.11 Å². The summed E-state index contributed by atoms with van der Waals surface area (Å²) in [5.41, 5.74) is 6.32. The van der Waals surface area contributed by atoms with Gasteiger partial charge in [0.25, 0.3) is 0 Å². The second kappa shape index (κ2) is 6.61. The molecule has 28 heavy (non-hydrogen) atoms. The fourth-order valence-electron chi connectivity index (χ4n) is 4.43. The van der Waals surface area contributed by atoms with Gasteiger partial charge in [-0.05, 0) is 41.5 Å². The van der Waals surface area contributed by atoms with Crippen LogP contribution in [0.2, 0.25) is 0 Å². The summed E-state index contributed by atoms with van der Waals surface area (Å²) in [6.07, 6.45) is 1.69. The van der Waals surface area contributed by atoms with E-state index in [1.54, 1.807) is 0 Å². The zero-order valence-electron chi connectivity index (χ0n) is 15.3. The summed E-state index contributed by atoms with van der Waals surface area (Å²) >= 11 is 0. The van der Waals surface area contributed by atoms with E-state index in [1.165, 1.54) is 11.1 Å². The summed E-state index contributed by atoms with van der Waals surface area (Å²) in [4.78, 5) is 17.4. The van der Waals surface area contributed by atoms with Crippen LogP contribution in [-0.2, 0) is 12.8 Å². The molecule has 0 saturated carbocycles. The second-order valence-electron chi connectivity index (χ2n) is 7.31. The number of aromatic nitrogens is 1. The van der Waals surface area contributed by atoms with E-state index < -0.39 is 5.97 Å². The number of benzene rings is 3. The van der Waals surface area contributed by atoms with Gasteiger partial charge >= 0.3 is 5.97 Å². The molecule has 3 nitrogen and oxygen atoms in total. The third kappa shape index (κ3) is 2.67. The van der Waals surface area contributed by atoms with Crippen molar-refractivity contribution in [2.24, 2.45) is 0 Å². The van der Waals surface area contributed by atoms with Gasteiger partial charge in [0.05, 0.1) is 16.8 Å². The van der Waals surface area contributed by atoms with E-state index in [1.807, 2.05) is 54.6 Å². The van der Waals surface area contributed by atoms with Crippen LogP contribution in [0.4, 0.5) is 0 Å². The first-order valence-electron chi connectivity index (χ1n) is 9.50. The van der Waals surface area contributed by atoms with Gasteiger partial charge in [-0.3, -0.25) is 0 Å². The lowest BCUT2D eigenvalue weighted by molar-refractivity contribution is 0.0697. The summed E-state index contributed by atoms with van der Waals surface area (Å²) in [6, 6.07) is 25.9. The minimum Gasteiger partial charge on any atom is -0.478 e. The van der Waals surface area contributed by atoms with Gasteiger partial charge in [-0.2, -0.15) is 0 Å². The zero-order valence-corrected chi connectivity index (χ0v) is 15.3. The van der Waals surface area contributed by atoms with E-state index in [2.05, 4.69) is 24.3 Å². The monoisotopic (exact) mass is 365 g/mol. The molecule has 136 valence electrons. The number of rotatable bonds is 3. The smallest absolute Gasteiger partial charge is 0.336 e. The normalized spacial score (nSPS) is 13.6. The van der Waals surface area contributed by atoms with Crippen molar-refractivity contribution in [2.45, 2.75) is 18.8 Å². The Balaban J connectivity index is 1.81. The molecule has 1 aromatic heterocycles. The quantitative estimate of drug-likeness (QED) is 0.523. The first kappa shape index (κ1) is 16.7. The first-order valence-corrected chi connectivity index (χ1v) is 9.50. The molecule has 0 spiro atoms. The summed E-state index contributed by atoms with van der Waals surface area (Å²) in [7, 11) is 0. The van der Waals surface area contributed by atoms with Crippen LogP contribution in [0.5, 0.6) is 0 Å². The van der Waals surface area contributed by atoms with Crippen LogP contribution < -0.4 is 0 Å². The molecule has 0 unspecified atom stereocenters. The van der Waals surface area contributed by atoms with Crippen molar-refractivity contribution in [1.29, 1.82) is 0 Å². The lowest BCUT2D eigenvalue weighted by atomic mass is 9.86. The maximum Gasteiger partial charge on any atom is 0.336 e. The topological polar surface area (TPSA) is 50.2 Å². The molecule has 1 N–H and O–H groups in total. The Morgan fingerprint density at radius 2 is 1.43 bits per heavy atom. The maximum atomic E-state index is 12.4. The molecule has 0 amide bonds. The van der Waals surface area contributed by atoms with Gasteiger partial charge in [-0.15, -0.1) is 0 Å². The van der Waals surface area contributed by atoms with E-state index >= 15 is 0 Å². The predicted octanol–water partition coefficient (Wildman–Crippen LogP) is 5.48. The molecule has 1 aliphatic carbocycles. The molecule has 0 aliphatic heterocycles. The van der Waals surface area contributed by atoms with Crippen LogP contribution in [0.3, 0.4) is 0 Å². The number of hydrogen-bond donors (Lipinski definition) is 1. The molecule has 3 heteroatoms. The van der Waals surface area contributed by atoms with Crippen LogP contribution in [0.15, 0.2) is 78.9 Å². The van der Waals surface area contributed by atoms with E-state index in [9.17, 15) is 9.90 Å². The van der Waals surface area contributed by atoms with Crippen molar-refractivity contribution in [1.82, 2.24) is 4.98 Å². The minimum absolute atomic E-state index is 0.107. The minimum atomic E-state index is -0.887. The second-order valence-corrected chi connectivity index (χ2v) is 7.31. The molecule has 3 aromatic carbocycles. The average molecular weight is 365 g/mol. The van der Waals surface area contributed by atoms with Crippen molar-refractivity contribution >= 4 is 16.9 Å². The average Bonchev–Trinajstić information content (AvgIpc) is 3.16. The van der Waals surface area contributed by atoms with Crippen molar-refractivity contribution in [3.63, 3.8) is 0 Å². The number of carbonyl (C=O) groups is 1. The Morgan fingerprint density at radius 3 is 2.11 bits per heavy atom. The Bertz CT molecular complexity index is 1170. The summed E-state index contributed by atoms with van der Waals surface area (Å²) in [5, 5.41) is 10.9. The number of pyridine rings is 1. The lowest BCUT2D eigenvalue weighted by Gasteiger charge is -2.20. The van der Waals surface area contributed by atoms with Crippen molar-refractivity contribution < 1.29 is 9.90 Å². The summed E-state index contributed by atoms with van der Waals surface area (Å²) in [6.45, 7) is 0. The molecule has 0 fully saturated rings. The number of fused-ring (bicyclic) bond motifs is 2. The third-order valence-electron chi connectivity index (χ3n) is 5.65. The van der Waals surface area contributed by atoms with Gasteiger partial charge in [-0.1, -0.05) is 72.8 Å². The summed E-state index contributed by atoms with van der Waals surface area (Å²) in [5.74, 6) is -0.780. The van der Waals surface area contributed by atoms with Crippen LogP contribution >= 0.6 is 0 Å². The molecular weight excluding hydrogens is 346 g/mol. The third-order valence-corrected chi connectivity index (χ3v) is 5.65. The van der Waals surface area contributed by atoms with Gasteiger partial charge in [0.15, 0.2) is 0 Å². The number of nitrogens with zero attached hydrogens (tertiary/aromatic N) is 1. The van der Waals surface area contributed by atoms with E-state index in [0.717, 1.165) is 35.2 Å². The van der Waals surface area contributed by atoms with Crippen LogP contribution in [-0.4, -0.2) is 16.1 Å². The fraction of sp³-hybridized carbons (Fsp3) is 0.120. The standard InChI is InChI=1S/C25H19NO2/c27-25(28)23-20-12-6-7-13-21(20)26-24(16-8-2-1-3-9-16)22(23)19-14-17-10-4-5-11-18(17)15-19/h1-13,19H,14-15H2,(H,27,28). The largest absolute Gasteiger partial charge is 0.478 e. The fourth-order valence-corrected chi connectivity index (χ4v) is 4.43. The number of carboxylic acid groups (broad SMARTS) is 1. The molecule has 0 bridgehead atoms. The van der Waals surface area contributed by atoms with Gasteiger partial charge in [-0.25, -0.2) is 9.78 Å². The molecule has 1 aliphatic rings. The molecule has 0 saturated heterocycles. The molecular formula is C25H19NO2. The van der Waals surface area contributed by atoms with Crippen molar-refractivity contribution in [3.8, 4) is 11.3 Å². The molecule has 5 rings (SSSR count). The van der Waals surface area contributed by atoms with E-state index in [4.69, 9.17) is 4.98 Å². The molecule has 4 aromatic rings. The van der Waals surface area contributed by atoms with E-state index in [0.29, 0.717) is 10.9 Å². The van der Waals surface area contributed by atoms with Crippen LogP contribution in [0.25, 0.3) is 22.2 Å². The highest BCUT2D eigenvalue weighted by Gasteiger charge is 2.31.